The molecule has 0 N–H and O–H groups in total. The first-order valence-electron chi connectivity index (χ1n) is 51.0. The van der Waals surface area contributed by atoms with Crippen molar-refractivity contribution in [3.63, 3.8) is 0 Å². The first-order chi connectivity index (χ1) is 68.6. The molecule has 0 radical (unpaired) electrons. The van der Waals surface area contributed by atoms with E-state index in [1.165, 1.54) is 43.9 Å². The Hall–Kier alpha value is -12.2. The number of rotatable bonds is 16. The summed E-state index contributed by atoms with van der Waals surface area (Å²) in [5.41, 5.74) is 13.4. The molecule has 12 aromatic rings. The molecule has 4 saturated heterocycles. The van der Waals surface area contributed by atoms with Gasteiger partial charge in [0.25, 0.3) is 0 Å². The third-order valence-corrected chi connectivity index (χ3v) is 33.7. The number of hydrogen-bond acceptors (Lipinski definition) is 12. The molecule has 28 heteroatoms. The van der Waals surface area contributed by atoms with E-state index in [1.807, 2.05) is 179 Å². The van der Waals surface area contributed by atoms with Crippen molar-refractivity contribution in [2.45, 2.75) is 232 Å². The smallest absolute Gasteiger partial charge is 0.248 e. The Morgan fingerprint density at radius 3 is 0.908 bits per heavy atom. The Morgan fingerprint density at radius 2 is 0.585 bits per heavy atom. The van der Waals surface area contributed by atoms with Gasteiger partial charge >= 0.3 is 0 Å². The number of para-hydroxylation sites is 4. The molecule has 4 saturated carbocycles. The van der Waals surface area contributed by atoms with Gasteiger partial charge in [-0.1, -0.05) is 167 Å². The van der Waals surface area contributed by atoms with Gasteiger partial charge in [-0.3, -0.25) is 57.5 Å². The fourth-order valence-electron chi connectivity index (χ4n) is 25.9. The monoisotopic (exact) mass is 1930 g/mol. The van der Waals surface area contributed by atoms with E-state index < -0.39 is 39.9 Å². The van der Waals surface area contributed by atoms with E-state index in [-0.39, 0.29) is 104 Å². The highest BCUT2D eigenvalue weighted by atomic mass is 19.3. The van der Waals surface area contributed by atoms with Gasteiger partial charge in [0, 0.05) is 183 Å². The van der Waals surface area contributed by atoms with E-state index in [1.54, 1.807) is 82.5 Å². The molecular weight excluding hydrogens is 1810 g/mol. The minimum atomic E-state index is -2.57. The van der Waals surface area contributed by atoms with Crippen LogP contribution in [-0.2, 0) is 95.2 Å². The lowest BCUT2D eigenvalue weighted by Gasteiger charge is -2.44. The van der Waals surface area contributed by atoms with Crippen LogP contribution in [0.25, 0.3) is 44.5 Å². The summed E-state index contributed by atoms with van der Waals surface area (Å²) < 4.78 is 124. The Kier molecular flexibility index (Phi) is 26.4. The number of alkyl halides is 4. The SMILES string of the molecule is CC1CCCCC1N1CCC2(C1)C(=O)N(Cc1ccc(-c3cnn(C)c3)cc1F)c1ccccc12.Cn1cc(-c2ccc(CN3C(=O)C4(CCN(C5CCC(F)(F)CC5)C4)c4ccccc43)c(F)c2)cn1.Cn1cc(-c2ccc(CN3C(=O)C4(CCN(C5CCCCC5F)C4)c4ccccc43)c(F)c2)cn1.Cn1cc(-c2ccc(CN3C(=O)C4(CCN(C5CCCCC5F)CC4)c4ccccc43)c(F)c2)cn1. The fourth-order valence-corrected chi connectivity index (χ4v) is 25.9. The number of aromatic nitrogens is 8. The highest BCUT2D eigenvalue weighted by Crippen LogP contribution is 2.56. The first kappa shape index (κ1) is 95.9. The van der Waals surface area contributed by atoms with E-state index in [9.17, 15) is 36.7 Å². The number of fused-ring (bicyclic) bond motifs is 8. The fraction of sp³-hybridized carbons (Fsp3) is 0.439. The van der Waals surface area contributed by atoms with Crippen LogP contribution in [0.4, 0.5) is 57.9 Å². The summed E-state index contributed by atoms with van der Waals surface area (Å²) in [5.74, 6) is -3.07. The average Bonchev–Trinajstić information content (AvgIpc) is 1.55. The number of benzene rings is 8. The molecule has 0 bridgehead atoms. The van der Waals surface area contributed by atoms with Crippen LogP contribution in [0.3, 0.4) is 0 Å². The van der Waals surface area contributed by atoms with Gasteiger partial charge in [-0.05, 0) is 209 Å². The summed E-state index contributed by atoms with van der Waals surface area (Å²) in [6, 6.07) is 52.9. The Labute approximate surface area is 824 Å². The Balaban J connectivity index is 0.000000112. The van der Waals surface area contributed by atoms with Gasteiger partial charge in [-0.25, -0.2) is 35.1 Å². The molecule has 24 rings (SSSR count). The number of carbonyl (C=O) groups excluding carboxylic acids is 4. The number of hydrogen-bond donors (Lipinski definition) is 0. The van der Waals surface area contributed by atoms with Crippen molar-refractivity contribution in [3.8, 4) is 44.5 Å². The lowest BCUT2D eigenvalue weighted by molar-refractivity contribution is -0.125. The average molecular weight is 1930 g/mol. The second-order valence-electron chi connectivity index (χ2n) is 42.1. The molecule has 8 aromatic carbocycles. The summed E-state index contributed by atoms with van der Waals surface area (Å²) in [6.45, 7) is 8.76. The van der Waals surface area contributed by atoms with Gasteiger partial charge in [0.2, 0.25) is 29.6 Å². The molecule has 142 heavy (non-hydrogen) atoms. The number of piperidine rings is 1. The molecule has 8 aliphatic heterocycles. The zero-order valence-electron chi connectivity index (χ0n) is 81.5. The quantitative estimate of drug-likeness (QED) is 0.0842. The van der Waals surface area contributed by atoms with Gasteiger partial charge in [0.05, 0.1) is 72.6 Å². The maximum Gasteiger partial charge on any atom is 0.248 e. The van der Waals surface area contributed by atoms with Gasteiger partial charge in [-0.2, -0.15) is 20.4 Å². The summed E-state index contributed by atoms with van der Waals surface area (Å²) in [7, 11) is 7.32. The van der Waals surface area contributed by atoms with Crippen molar-refractivity contribution >= 4 is 46.4 Å². The molecule has 4 aromatic heterocycles. The first-order valence-corrected chi connectivity index (χ1v) is 51.0. The molecule has 4 amide bonds. The van der Waals surface area contributed by atoms with Crippen molar-refractivity contribution in [1.82, 2.24) is 58.7 Å². The molecule has 9 unspecified atom stereocenters. The van der Waals surface area contributed by atoms with Crippen LogP contribution >= 0.6 is 0 Å². The lowest BCUT2D eigenvalue weighted by Crippen LogP contribution is -2.53. The third-order valence-electron chi connectivity index (χ3n) is 33.7. The molecule has 8 fully saturated rings. The van der Waals surface area contributed by atoms with Crippen LogP contribution in [0.1, 0.15) is 186 Å². The van der Waals surface area contributed by atoms with Crippen molar-refractivity contribution < 1.29 is 54.3 Å². The van der Waals surface area contributed by atoms with Crippen LogP contribution in [-0.4, -0.2) is 177 Å². The van der Waals surface area contributed by atoms with Crippen LogP contribution in [0.15, 0.2) is 219 Å². The van der Waals surface area contributed by atoms with E-state index in [0.29, 0.717) is 125 Å². The van der Waals surface area contributed by atoms with Gasteiger partial charge < -0.3 is 19.6 Å². The van der Waals surface area contributed by atoms with E-state index in [2.05, 4.69) is 53.0 Å². The number of nitrogens with zero attached hydrogens (tertiary/aromatic N) is 16. The topological polar surface area (TPSA) is 165 Å². The Bertz CT molecular complexity index is 6520. The van der Waals surface area contributed by atoms with E-state index in [0.717, 1.165) is 148 Å². The van der Waals surface area contributed by atoms with Crippen LogP contribution < -0.4 is 19.6 Å². The number of halogens is 8. The zero-order valence-corrected chi connectivity index (χ0v) is 81.5. The molecule has 4 spiro atoms. The number of anilines is 4. The van der Waals surface area contributed by atoms with Crippen molar-refractivity contribution in [2.75, 3.05) is 72.0 Å². The van der Waals surface area contributed by atoms with Crippen molar-refractivity contribution in [1.29, 1.82) is 0 Å². The lowest BCUT2D eigenvalue weighted by atomic mass is 9.73. The highest BCUT2D eigenvalue weighted by Gasteiger charge is 2.60. The molecular formula is C114H124F8N16O4. The summed E-state index contributed by atoms with van der Waals surface area (Å²) in [5, 5.41) is 16.7. The molecule has 4 aliphatic carbocycles. The molecule has 12 heterocycles. The standard InChI is InChI=1S/C29H32F2N4O.C29H33FN4O.C28H29F3N4O.C28H30F2N4O/c1-33-18-22(17-32-33)20-10-11-21(25(31)16-20)19-35-26-8-4-2-6-23(26)29(28(35)36)12-14-34(15-13-29)27-9-5-3-7-24(27)30;1-20-7-3-5-9-26(20)33-14-13-29(19-33)24-8-4-6-10-27(24)34(28(29)35)18-22-12-11-21(15-25(22)30)23-16-31-32(2)17-23;1-33-16-21(15-32-33)19-6-7-20(24(29)14-19)17-35-25-5-3-2-4-23(25)27(26(35)36)12-13-34(18-27)22-8-10-28(30,31)11-9-22;1-32-16-21(15-31-32)19-10-11-20(24(30)14-19)17-34-25-8-4-2-6-22(25)28(27(34)35)12-13-33(18-28)26-9-5-3-7-23(26)29/h2,4,6,8,10-11,16-18,24,27H,3,5,7,9,12-15,19H2,1H3;4,6,8,10-12,15-17,20,26H,3,5,7,9,13-14,18-19H2,1-2H3;2-7,14-16,22H,8-13,17-18H2,1H3;2,4,6,8,10-11,14-16,23,26H,3,5,7,9,12-13,17-18H2,1H3. The number of aryl methyl sites for hydroxylation is 4. The highest BCUT2D eigenvalue weighted by molar-refractivity contribution is 6.11. The molecule has 9 atom stereocenters. The Morgan fingerprint density at radius 1 is 0.310 bits per heavy atom. The zero-order chi connectivity index (χ0) is 98.3. The minimum absolute atomic E-state index is 0.00292. The second kappa shape index (κ2) is 39.1. The van der Waals surface area contributed by atoms with Crippen molar-refractivity contribution in [3.05, 3.63) is 287 Å². The van der Waals surface area contributed by atoms with Gasteiger partial charge in [0.15, 0.2) is 0 Å². The largest absolute Gasteiger partial charge is 0.307 e. The molecule has 12 aliphatic rings. The number of amides is 4. The van der Waals surface area contributed by atoms with E-state index >= 15 is 17.6 Å². The second-order valence-corrected chi connectivity index (χ2v) is 42.1. The number of carbonyl (C=O) groups is 4. The predicted octanol–water partition coefficient (Wildman–Crippen LogP) is 21.0. The van der Waals surface area contributed by atoms with Gasteiger partial charge in [-0.15, -0.1) is 0 Å². The number of likely N-dealkylation sites (tertiary alicyclic amines) is 4. The van der Waals surface area contributed by atoms with Crippen LogP contribution in [0.5, 0.6) is 0 Å². The summed E-state index contributed by atoms with van der Waals surface area (Å²) in [4.78, 5) is 72.3. The maximum absolute atomic E-state index is 15.2. The molecule has 20 nitrogen and oxygen atoms in total. The van der Waals surface area contributed by atoms with Crippen molar-refractivity contribution in [2.24, 2.45) is 34.1 Å². The van der Waals surface area contributed by atoms with Crippen LogP contribution in [0.2, 0.25) is 0 Å². The summed E-state index contributed by atoms with van der Waals surface area (Å²) >= 11 is 0. The van der Waals surface area contributed by atoms with E-state index in [4.69, 9.17) is 0 Å². The third kappa shape index (κ3) is 18.0. The maximum atomic E-state index is 15.2. The molecule has 740 valence electrons. The van der Waals surface area contributed by atoms with Crippen LogP contribution in [0, 0.1) is 29.2 Å². The predicted molar refractivity (Wildman–Crippen MR) is 534 cm³/mol. The van der Waals surface area contributed by atoms with Gasteiger partial charge in [0.1, 0.15) is 35.6 Å². The summed E-state index contributed by atoms with van der Waals surface area (Å²) in [6.07, 6.45) is 29.0. The normalized spacial score (nSPS) is 25.3. The minimum Gasteiger partial charge on any atom is -0.307 e.